The molecule has 1 heterocycles. The minimum atomic E-state index is -0.501. The third kappa shape index (κ3) is 5.88. The smallest absolute Gasteiger partial charge is 0.292 e. The maximum absolute atomic E-state index is 12.7. The van der Waals surface area contributed by atoms with Crippen molar-refractivity contribution in [1.82, 2.24) is 9.80 Å². The predicted molar refractivity (Wildman–Crippen MR) is 119 cm³/mol. The number of rotatable bonds is 8. The minimum Gasteiger partial charge on any atom is -0.339 e. The van der Waals surface area contributed by atoms with Crippen LogP contribution in [0.5, 0.6) is 0 Å². The highest BCUT2D eigenvalue weighted by molar-refractivity contribution is 5.95. The van der Waals surface area contributed by atoms with Gasteiger partial charge >= 0.3 is 0 Å². The van der Waals surface area contributed by atoms with Crippen LogP contribution in [-0.2, 0) is 4.79 Å². The van der Waals surface area contributed by atoms with Gasteiger partial charge in [0.25, 0.3) is 11.6 Å². The van der Waals surface area contributed by atoms with E-state index in [1.165, 1.54) is 12.1 Å². The van der Waals surface area contributed by atoms with Gasteiger partial charge in [-0.05, 0) is 44.0 Å². The van der Waals surface area contributed by atoms with Crippen molar-refractivity contribution >= 4 is 23.2 Å². The molecule has 0 atom stereocenters. The summed E-state index contributed by atoms with van der Waals surface area (Å²) in [6, 6.07) is 15.6. The van der Waals surface area contributed by atoms with E-state index >= 15 is 0 Å². The number of amides is 2. The van der Waals surface area contributed by atoms with Crippen LogP contribution in [0, 0.1) is 10.1 Å². The average Bonchev–Trinajstić information content (AvgIpc) is 2.79. The van der Waals surface area contributed by atoms with Gasteiger partial charge in [-0.1, -0.05) is 37.3 Å². The standard InChI is InChI=1S/C23H28N4O4/c1-2-14-26(17-22(28)24-20-10-6-7-11-21(20)27(30)31)19-12-15-25(16-13-19)23(29)18-8-4-3-5-9-18/h3-11,19H,2,12-17H2,1H3,(H,24,28). The fourth-order valence-electron chi connectivity index (χ4n) is 3.99. The van der Waals surface area contributed by atoms with Crippen molar-refractivity contribution in [3.63, 3.8) is 0 Å². The highest BCUT2D eigenvalue weighted by Gasteiger charge is 2.28. The molecule has 1 saturated heterocycles. The molecule has 31 heavy (non-hydrogen) atoms. The first kappa shape index (κ1) is 22.4. The third-order valence-corrected chi connectivity index (χ3v) is 5.52. The van der Waals surface area contributed by atoms with E-state index in [1.807, 2.05) is 35.2 Å². The van der Waals surface area contributed by atoms with Crippen LogP contribution in [0.25, 0.3) is 0 Å². The van der Waals surface area contributed by atoms with Crippen molar-refractivity contribution in [2.75, 3.05) is 31.5 Å². The van der Waals surface area contributed by atoms with Crippen LogP contribution in [0.15, 0.2) is 54.6 Å². The number of nitrogens with zero attached hydrogens (tertiary/aromatic N) is 3. The topological polar surface area (TPSA) is 95.8 Å². The zero-order chi connectivity index (χ0) is 22.2. The van der Waals surface area contributed by atoms with Gasteiger partial charge in [-0.3, -0.25) is 24.6 Å². The Morgan fingerprint density at radius 2 is 1.74 bits per heavy atom. The summed E-state index contributed by atoms with van der Waals surface area (Å²) >= 11 is 0. The zero-order valence-electron chi connectivity index (χ0n) is 17.7. The number of hydrogen-bond acceptors (Lipinski definition) is 5. The summed E-state index contributed by atoms with van der Waals surface area (Å²) < 4.78 is 0. The largest absolute Gasteiger partial charge is 0.339 e. The fraction of sp³-hybridized carbons (Fsp3) is 0.391. The van der Waals surface area contributed by atoms with Gasteiger partial charge in [-0.25, -0.2) is 0 Å². The Hall–Kier alpha value is -3.26. The number of benzene rings is 2. The van der Waals surface area contributed by atoms with Crippen molar-refractivity contribution in [1.29, 1.82) is 0 Å². The monoisotopic (exact) mass is 424 g/mol. The maximum atomic E-state index is 12.7. The van der Waals surface area contributed by atoms with Crippen molar-refractivity contribution in [3.05, 3.63) is 70.3 Å². The van der Waals surface area contributed by atoms with Gasteiger partial charge in [0.2, 0.25) is 5.91 Å². The molecule has 8 nitrogen and oxygen atoms in total. The number of nitro benzene ring substituents is 1. The molecule has 1 aliphatic heterocycles. The van der Waals surface area contributed by atoms with Gasteiger partial charge in [0.1, 0.15) is 5.69 Å². The lowest BCUT2D eigenvalue weighted by molar-refractivity contribution is -0.383. The van der Waals surface area contributed by atoms with Crippen LogP contribution in [0.2, 0.25) is 0 Å². The molecule has 0 spiro atoms. The van der Waals surface area contributed by atoms with Crippen LogP contribution in [0.1, 0.15) is 36.5 Å². The van der Waals surface area contributed by atoms with Crippen LogP contribution < -0.4 is 5.32 Å². The lowest BCUT2D eigenvalue weighted by Gasteiger charge is -2.38. The molecule has 164 valence electrons. The van der Waals surface area contributed by atoms with E-state index in [4.69, 9.17) is 0 Å². The second-order valence-electron chi connectivity index (χ2n) is 7.68. The van der Waals surface area contributed by atoms with E-state index < -0.39 is 4.92 Å². The summed E-state index contributed by atoms with van der Waals surface area (Å²) in [7, 11) is 0. The van der Waals surface area contributed by atoms with Gasteiger partial charge < -0.3 is 10.2 Å². The van der Waals surface area contributed by atoms with Crippen LogP contribution in [0.3, 0.4) is 0 Å². The molecule has 0 aromatic heterocycles. The summed E-state index contributed by atoms with van der Waals surface area (Å²) in [4.78, 5) is 40.0. The first-order chi connectivity index (χ1) is 15.0. The number of nitro groups is 1. The number of carbonyl (C=O) groups excluding carboxylic acids is 2. The van der Waals surface area contributed by atoms with E-state index in [0.717, 1.165) is 25.8 Å². The molecule has 1 aliphatic rings. The first-order valence-electron chi connectivity index (χ1n) is 10.6. The molecule has 1 fully saturated rings. The molecular weight excluding hydrogens is 396 g/mol. The second-order valence-corrected chi connectivity index (χ2v) is 7.68. The first-order valence-corrected chi connectivity index (χ1v) is 10.6. The summed E-state index contributed by atoms with van der Waals surface area (Å²) in [5.74, 6) is -0.235. The van der Waals surface area contributed by atoms with E-state index in [1.54, 1.807) is 12.1 Å². The minimum absolute atomic E-state index is 0.0372. The molecule has 0 unspecified atom stereocenters. The molecule has 0 bridgehead atoms. The molecule has 2 aromatic carbocycles. The van der Waals surface area contributed by atoms with Gasteiger partial charge in [0.05, 0.1) is 11.5 Å². The average molecular weight is 425 g/mol. The number of likely N-dealkylation sites (tertiary alicyclic amines) is 1. The summed E-state index contributed by atoms with van der Waals surface area (Å²) in [6.45, 7) is 4.26. The quantitative estimate of drug-likeness (QED) is 0.516. The molecule has 2 amide bonds. The van der Waals surface area contributed by atoms with Gasteiger partial charge in [0.15, 0.2) is 0 Å². The van der Waals surface area contributed by atoms with Crippen molar-refractivity contribution in [3.8, 4) is 0 Å². The summed E-state index contributed by atoms with van der Waals surface area (Å²) in [5, 5.41) is 13.9. The summed E-state index contributed by atoms with van der Waals surface area (Å²) in [5.41, 5.74) is 0.776. The number of para-hydroxylation sites is 2. The van der Waals surface area contributed by atoms with Crippen LogP contribution in [-0.4, -0.2) is 58.8 Å². The molecule has 3 rings (SSSR count). The molecule has 1 N–H and O–H groups in total. The predicted octanol–water partition coefficient (Wildman–Crippen LogP) is 3.55. The highest BCUT2D eigenvalue weighted by Crippen LogP contribution is 2.24. The lowest BCUT2D eigenvalue weighted by Crippen LogP contribution is -2.49. The van der Waals surface area contributed by atoms with Gasteiger partial charge in [-0.15, -0.1) is 0 Å². The molecule has 0 radical (unpaired) electrons. The Bertz CT molecular complexity index is 911. The zero-order valence-corrected chi connectivity index (χ0v) is 17.7. The number of nitrogens with one attached hydrogen (secondary N) is 1. The SMILES string of the molecule is CCCN(CC(=O)Nc1ccccc1[N+](=O)[O-])C1CCN(C(=O)c2ccccc2)CC1. The van der Waals surface area contributed by atoms with Crippen molar-refractivity contribution in [2.24, 2.45) is 0 Å². The maximum Gasteiger partial charge on any atom is 0.292 e. The highest BCUT2D eigenvalue weighted by atomic mass is 16.6. The number of piperidine rings is 1. The van der Waals surface area contributed by atoms with E-state index in [2.05, 4.69) is 17.1 Å². The fourth-order valence-corrected chi connectivity index (χ4v) is 3.99. The van der Waals surface area contributed by atoms with Crippen molar-refractivity contribution in [2.45, 2.75) is 32.2 Å². The molecular formula is C23H28N4O4. The number of carbonyl (C=O) groups is 2. The van der Waals surface area contributed by atoms with Gasteiger partial charge in [-0.2, -0.15) is 0 Å². The Morgan fingerprint density at radius 3 is 2.39 bits per heavy atom. The van der Waals surface area contributed by atoms with Crippen LogP contribution >= 0.6 is 0 Å². The molecule has 0 aliphatic carbocycles. The second kappa shape index (κ2) is 10.7. The summed E-state index contributed by atoms with van der Waals surface area (Å²) in [6.07, 6.45) is 2.47. The molecule has 8 heteroatoms. The van der Waals surface area contributed by atoms with Crippen molar-refractivity contribution < 1.29 is 14.5 Å². The Labute approximate surface area is 182 Å². The van der Waals surface area contributed by atoms with E-state index in [0.29, 0.717) is 18.7 Å². The van der Waals surface area contributed by atoms with Gasteiger partial charge in [0, 0.05) is 30.8 Å². The Balaban J connectivity index is 1.58. The Morgan fingerprint density at radius 1 is 1.10 bits per heavy atom. The molecule has 2 aromatic rings. The van der Waals surface area contributed by atoms with E-state index in [9.17, 15) is 19.7 Å². The number of hydrogen-bond donors (Lipinski definition) is 1. The number of anilines is 1. The Kier molecular flexibility index (Phi) is 7.72. The van der Waals surface area contributed by atoms with E-state index in [-0.39, 0.29) is 35.8 Å². The third-order valence-electron chi connectivity index (χ3n) is 5.52. The molecule has 0 saturated carbocycles. The lowest BCUT2D eigenvalue weighted by atomic mass is 10.0. The normalized spacial score (nSPS) is 14.5. The van der Waals surface area contributed by atoms with Crippen LogP contribution in [0.4, 0.5) is 11.4 Å².